The minimum atomic E-state index is -0.675. The van der Waals surface area contributed by atoms with Crippen LogP contribution in [0.1, 0.15) is 25.3 Å². The maximum Gasteiger partial charge on any atom is 0.418 e. The third-order valence-electron chi connectivity index (χ3n) is 5.60. The van der Waals surface area contributed by atoms with Gasteiger partial charge in [-0.2, -0.15) is 0 Å². The fourth-order valence-electron chi connectivity index (χ4n) is 3.87. The zero-order valence-electron chi connectivity index (χ0n) is 18.3. The molecule has 2 aromatic heterocycles. The number of hydrogen-bond acceptors (Lipinski definition) is 5. The number of aromatic nitrogens is 2. The van der Waals surface area contributed by atoms with Gasteiger partial charge in [-0.05, 0) is 36.3 Å². The highest BCUT2D eigenvalue weighted by atomic mass is 19.1. The Morgan fingerprint density at radius 3 is 2.73 bits per heavy atom. The van der Waals surface area contributed by atoms with Crippen molar-refractivity contribution in [1.29, 1.82) is 0 Å². The molecule has 0 spiro atoms. The molecule has 0 atom stereocenters. The van der Waals surface area contributed by atoms with Gasteiger partial charge in [0.2, 0.25) is 5.78 Å². The largest absolute Gasteiger partial charge is 0.452 e. The van der Waals surface area contributed by atoms with Crippen LogP contribution < -0.4 is 4.90 Å². The average Bonchev–Trinajstić information content (AvgIpc) is 3.26. The Morgan fingerprint density at radius 2 is 2.06 bits per heavy atom. The first-order valence-electron chi connectivity index (χ1n) is 10.5. The summed E-state index contributed by atoms with van der Waals surface area (Å²) in [5.74, 6) is -1.33. The SMILES string of the molecule is CCC(=O)C(=O)N1CC=C(c2c[nH]c3ncc(N(C(=O)OC)c4cccc(F)c4)cc23)CC1. The van der Waals surface area contributed by atoms with Crippen LogP contribution in [0.5, 0.6) is 0 Å². The van der Waals surface area contributed by atoms with Crippen molar-refractivity contribution in [2.75, 3.05) is 25.1 Å². The Kier molecular flexibility index (Phi) is 6.21. The van der Waals surface area contributed by atoms with E-state index in [0.29, 0.717) is 36.5 Å². The van der Waals surface area contributed by atoms with Crippen molar-refractivity contribution in [1.82, 2.24) is 14.9 Å². The highest BCUT2D eigenvalue weighted by Crippen LogP contribution is 2.33. The van der Waals surface area contributed by atoms with Crippen LogP contribution in [-0.4, -0.2) is 52.9 Å². The molecule has 1 aliphatic rings. The van der Waals surface area contributed by atoms with Crippen molar-refractivity contribution in [3.63, 3.8) is 0 Å². The summed E-state index contributed by atoms with van der Waals surface area (Å²) in [6.45, 7) is 2.45. The number of rotatable bonds is 5. The van der Waals surface area contributed by atoms with Gasteiger partial charge in [0.1, 0.15) is 11.5 Å². The summed E-state index contributed by atoms with van der Waals surface area (Å²) in [6, 6.07) is 7.44. The molecule has 8 nitrogen and oxygen atoms in total. The molecule has 0 unspecified atom stereocenters. The Morgan fingerprint density at radius 1 is 1.24 bits per heavy atom. The first-order valence-corrected chi connectivity index (χ1v) is 10.5. The fourth-order valence-corrected chi connectivity index (χ4v) is 3.87. The van der Waals surface area contributed by atoms with E-state index in [1.54, 1.807) is 19.1 Å². The van der Waals surface area contributed by atoms with E-state index in [9.17, 15) is 18.8 Å². The summed E-state index contributed by atoms with van der Waals surface area (Å²) in [7, 11) is 1.26. The number of ether oxygens (including phenoxy) is 1. The van der Waals surface area contributed by atoms with Crippen molar-refractivity contribution >= 4 is 45.8 Å². The second-order valence-electron chi connectivity index (χ2n) is 7.58. The molecule has 0 fully saturated rings. The first kappa shape index (κ1) is 22.2. The zero-order chi connectivity index (χ0) is 23.5. The van der Waals surface area contributed by atoms with E-state index >= 15 is 0 Å². The molecule has 1 aromatic carbocycles. The maximum absolute atomic E-state index is 13.8. The molecule has 170 valence electrons. The number of aromatic amines is 1. The van der Waals surface area contributed by atoms with Gasteiger partial charge in [0.25, 0.3) is 5.91 Å². The second-order valence-corrected chi connectivity index (χ2v) is 7.58. The molecule has 3 aromatic rings. The van der Waals surface area contributed by atoms with Crippen LogP contribution in [0.25, 0.3) is 16.6 Å². The Balaban J connectivity index is 1.69. The molecule has 0 saturated carbocycles. The highest BCUT2D eigenvalue weighted by Gasteiger charge is 2.25. The van der Waals surface area contributed by atoms with Crippen LogP contribution in [0.4, 0.5) is 20.6 Å². The number of pyridine rings is 1. The van der Waals surface area contributed by atoms with Crippen molar-refractivity contribution in [3.8, 4) is 0 Å². The number of ketones is 1. The Labute approximate surface area is 189 Å². The molecule has 3 heterocycles. The lowest BCUT2D eigenvalue weighted by Crippen LogP contribution is -2.39. The lowest BCUT2D eigenvalue weighted by Gasteiger charge is -2.26. The number of anilines is 2. The van der Waals surface area contributed by atoms with Crippen LogP contribution in [0.2, 0.25) is 0 Å². The Bertz CT molecular complexity index is 1270. The predicted molar refractivity (Wildman–Crippen MR) is 122 cm³/mol. The molecule has 2 amide bonds. The van der Waals surface area contributed by atoms with Gasteiger partial charge in [-0.3, -0.25) is 9.59 Å². The maximum atomic E-state index is 13.8. The van der Waals surface area contributed by atoms with Crippen LogP contribution in [-0.2, 0) is 14.3 Å². The number of hydrogen-bond donors (Lipinski definition) is 1. The summed E-state index contributed by atoms with van der Waals surface area (Å²) in [4.78, 5) is 46.8. The predicted octanol–water partition coefficient (Wildman–Crippen LogP) is 4.20. The van der Waals surface area contributed by atoms with Gasteiger partial charge in [-0.15, -0.1) is 0 Å². The van der Waals surface area contributed by atoms with E-state index in [2.05, 4.69) is 9.97 Å². The molecule has 9 heteroatoms. The molecule has 1 aliphatic heterocycles. The lowest BCUT2D eigenvalue weighted by atomic mass is 9.99. The molecular formula is C24H23FN4O4. The fraction of sp³-hybridized carbons (Fsp3) is 0.250. The van der Waals surface area contributed by atoms with E-state index in [1.807, 2.05) is 12.3 Å². The van der Waals surface area contributed by atoms with Crippen molar-refractivity contribution in [2.24, 2.45) is 0 Å². The number of nitrogens with one attached hydrogen (secondary N) is 1. The normalized spacial score (nSPS) is 13.5. The van der Waals surface area contributed by atoms with Gasteiger partial charge in [0.15, 0.2) is 0 Å². The molecule has 33 heavy (non-hydrogen) atoms. The van der Waals surface area contributed by atoms with Gasteiger partial charge in [0.05, 0.1) is 24.7 Å². The number of halogens is 1. The van der Waals surface area contributed by atoms with Gasteiger partial charge < -0.3 is 14.6 Å². The van der Waals surface area contributed by atoms with Crippen LogP contribution in [0.3, 0.4) is 0 Å². The molecule has 4 rings (SSSR count). The average molecular weight is 450 g/mol. The van der Waals surface area contributed by atoms with Gasteiger partial charge in [-0.25, -0.2) is 19.1 Å². The number of fused-ring (bicyclic) bond motifs is 1. The van der Waals surface area contributed by atoms with Crippen molar-refractivity contribution in [2.45, 2.75) is 19.8 Å². The molecule has 0 radical (unpaired) electrons. The van der Waals surface area contributed by atoms with Gasteiger partial charge in [0, 0.05) is 36.7 Å². The molecule has 0 aliphatic carbocycles. The third kappa shape index (κ3) is 4.34. The summed E-state index contributed by atoms with van der Waals surface area (Å²) >= 11 is 0. The molecule has 0 bridgehead atoms. The summed E-state index contributed by atoms with van der Waals surface area (Å²) < 4.78 is 18.7. The quantitative estimate of drug-likeness (QED) is 0.588. The number of methoxy groups -OCH3 is 1. The Hall–Kier alpha value is -4.01. The first-order chi connectivity index (χ1) is 15.9. The molecule has 0 saturated heterocycles. The summed E-state index contributed by atoms with van der Waals surface area (Å²) in [5, 5.41) is 0.772. The number of carbonyl (C=O) groups is 3. The minimum Gasteiger partial charge on any atom is -0.452 e. The highest BCUT2D eigenvalue weighted by molar-refractivity contribution is 6.36. The van der Waals surface area contributed by atoms with Gasteiger partial charge in [-0.1, -0.05) is 19.1 Å². The number of nitrogens with zero attached hydrogens (tertiary/aromatic N) is 3. The lowest BCUT2D eigenvalue weighted by molar-refractivity contribution is -0.144. The van der Waals surface area contributed by atoms with E-state index in [0.717, 1.165) is 16.5 Å². The van der Waals surface area contributed by atoms with E-state index in [4.69, 9.17) is 4.74 Å². The number of amides is 2. The minimum absolute atomic E-state index is 0.185. The van der Waals surface area contributed by atoms with E-state index in [1.165, 1.54) is 41.3 Å². The van der Waals surface area contributed by atoms with Crippen molar-refractivity contribution in [3.05, 3.63) is 60.2 Å². The van der Waals surface area contributed by atoms with E-state index < -0.39 is 23.6 Å². The number of Topliss-reactive ketones (excluding diaryl/α,β-unsaturated/α-hetero) is 1. The number of carbonyl (C=O) groups excluding carboxylic acids is 3. The van der Waals surface area contributed by atoms with Crippen LogP contribution >= 0.6 is 0 Å². The smallest absolute Gasteiger partial charge is 0.418 e. The molecule has 1 N–H and O–H groups in total. The second kappa shape index (κ2) is 9.23. The van der Waals surface area contributed by atoms with E-state index in [-0.39, 0.29) is 6.42 Å². The van der Waals surface area contributed by atoms with Crippen LogP contribution in [0.15, 0.2) is 48.8 Å². The summed E-state index contributed by atoms with van der Waals surface area (Å²) in [5.41, 5.74) is 3.24. The number of benzene rings is 1. The summed E-state index contributed by atoms with van der Waals surface area (Å²) in [6.07, 6.45) is 5.34. The van der Waals surface area contributed by atoms with Crippen LogP contribution in [0, 0.1) is 5.82 Å². The zero-order valence-corrected chi connectivity index (χ0v) is 18.3. The van der Waals surface area contributed by atoms with Gasteiger partial charge >= 0.3 is 6.09 Å². The van der Waals surface area contributed by atoms with Crippen molar-refractivity contribution < 1.29 is 23.5 Å². The monoisotopic (exact) mass is 450 g/mol. The third-order valence-corrected chi connectivity index (χ3v) is 5.60. The topological polar surface area (TPSA) is 95.6 Å². The molecular weight excluding hydrogens is 427 g/mol. The standard InChI is InChI=1S/C24H23FN4O4/c1-3-21(30)23(31)28-9-7-15(8-10-28)20-14-27-22-19(20)12-18(13-26-22)29(24(32)33-2)17-6-4-5-16(25)11-17/h4-7,11-14H,3,8-10H2,1-2H3,(H,26,27). The number of H-pyrrole nitrogens is 1.